The first-order valence-electron chi connectivity index (χ1n) is 5.42. The molecule has 84 valence electrons. The summed E-state index contributed by atoms with van der Waals surface area (Å²) in [5.41, 5.74) is 0. The normalized spacial score (nSPS) is 15.4. The molecule has 1 amide bonds. The summed E-state index contributed by atoms with van der Waals surface area (Å²) in [6.45, 7) is 9.11. The van der Waals surface area contributed by atoms with Gasteiger partial charge in [0.15, 0.2) is 0 Å². The number of carbonyl (C=O) groups is 1. The molecule has 0 aliphatic heterocycles. The lowest BCUT2D eigenvalue weighted by molar-refractivity contribution is -0.136. The standard InChI is InChI=1S/C11H24N2O/c1-7-9(3)13(6)11(14)10(4)12(5)8-2/h9-10H,7-8H2,1-6H3. The van der Waals surface area contributed by atoms with Gasteiger partial charge in [-0.25, -0.2) is 0 Å². The molecule has 0 aromatic heterocycles. The van der Waals surface area contributed by atoms with Crippen LogP contribution in [0.2, 0.25) is 0 Å². The lowest BCUT2D eigenvalue weighted by atomic mass is 10.2. The minimum atomic E-state index is -0.0148. The fourth-order valence-electron chi connectivity index (χ4n) is 1.25. The molecule has 0 aliphatic rings. The molecule has 3 heteroatoms. The molecule has 0 heterocycles. The van der Waals surface area contributed by atoms with Crippen LogP contribution in [0.1, 0.15) is 34.1 Å². The molecule has 0 N–H and O–H groups in total. The van der Waals surface area contributed by atoms with E-state index >= 15 is 0 Å². The first kappa shape index (κ1) is 13.4. The van der Waals surface area contributed by atoms with Crippen molar-refractivity contribution < 1.29 is 4.79 Å². The predicted molar refractivity (Wildman–Crippen MR) is 60.3 cm³/mol. The lowest BCUT2D eigenvalue weighted by Gasteiger charge is -2.30. The van der Waals surface area contributed by atoms with Gasteiger partial charge in [-0.05, 0) is 33.9 Å². The van der Waals surface area contributed by atoms with E-state index in [1.165, 1.54) is 0 Å². The van der Waals surface area contributed by atoms with Crippen molar-refractivity contribution in [3.63, 3.8) is 0 Å². The Morgan fingerprint density at radius 3 is 2.07 bits per heavy atom. The Morgan fingerprint density at radius 1 is 1.21 bits per heavy atom. The molecular weight excluding hydrogens is 176 g/mol. The molecule has 0 aromatic rings. The van der Waals surface area contributed by atoms with Crippen LogP contribution in [0, 0.1) is 0 Å². The molecule has 2 unspecified atom stereocenters. The zero-order valence-corrected chi connectivity index (χ0v) is 10.4. The zero-order valence-electron chi connectivity index (χ0n) is 10.4. The van der Waals surface area contributed by atoms with Gasteiger partial charge >= 0.3 is 0 Å². The molecule has 3 nitrogen and oxygen atoms in total. The van der Waals surface area contributed by atoms with Crippen LogP contribution >= 0.6 is 0 Å². The largest absolute Gasteiger partial charge is 0.342 e. The van der Waals surface area contributed by atoms with Crippen molar-refractivity contribution in [3.05, 3.63) is 0 Å². The molecule has 0 aliphatic carbocycles. The van der Waals surface area contributed by atoms with Crippen LogP contribution < -0.4 is 0 Å². The van der Waals surface area contributed by atoms with Crippen LogP contribution in [0.3, 0.4) is 0 Å². The highest BCUT2D eigenvalue weighted by Gasteiger charge is 2.22. The molecule has 0 fully saturated rings. The third-order valence-corrected chi connectivity index (χ3v) is 3.12. The van der Waals surface area contributed by atoms with Gasteiger partial charge in [0.25, 0.3) is 0 Å². The molecule has 0 spiro atoms. The number of likely N-dealkylation sites (N-methyl/N-ethyl adjacent to an activating group) is 2. The Kier molecular flexibility index (Phi) is 5.77. The number of hydrogen-bond donors (Lipinski definition) is 0. The summed E-state index contributed by atoms with van der Waals surface area (Å²) in [5, 5.41) is 0. The zero-order chi connectivity index (χ0) is 11.3. The van der Waals surface area contributed by atoms with E-state index in [4.69, 9.17) is 0 Å². The van der Waals surface area contributed by atoms with Gasteiger partial charge in [0.1, 0.15) is 0 Å². The van der Waals surface area contributed by atoms with Crippen LogP contribution in [0.5, 0.6) is 0 Å². The number of carbonyl (C=O) groups excluding carboxylic acids is 1. The van der Waals surface area contributed by atoms with E-state index in [2.05, 4.69) is 25.7 Å². The maximum Gasteiger partial charge on any atom is 0.239 e. The van der Waals surface area contributed by atoms with Crippen LogP contribution in [-0.2, 0) is 4.79 Å². The van der Waals surface area contributed by atoms with Gasteiger partial charge < -0.3 is 4.90 Å². The van der Waals surface area contributed by atoms with E-state index in [9.17, 15) is 4.79 Å². The minimum Gasteiger partial charge on any atom is -0.342 e. The van der Waals surface area contributed by atoms with Crippen LogP contribution in [0.25, 0.3) is 0 Å². The van der Waals surface area contributed by atoms with Crippen molar-refractivity contribution in [2.45, 2.75) is 46.2 Å². The maximum atomic E-state index is 11.9. The van der Waals surface area contributed by atoms with Crippen molar-refractivity contribution in [2.75, 3.05) is 20.6 Å². The second kappa shape index (κ2) is 6.02. The molecule has 0 radical (unpaired) electrons. The predicted octanol–water partition coefficient (Wildman–Crippen LogP) is 1.58. The summed E-state index contributed by atoms with van der Waals surface area (Å²) >= 11 is 0. The highest BCUT2D eigenvalue weighted by molar-refractivity contribution is 5.81. The van der Waals surface area contributed by atoms with E-state index in [0.717, 1.165) is 13.0 Å². The van der Waals surface area contributed by atoms with E-state index < -0.39 is 0 Å². The smallest absolute Gasteiger partial charge is 0.239 e. The summed E-state index contributed by atoms with van der Waals surface area (Å²) in [4.78, 5) is 15.8. The van der Waals surface area contributed by atoms with Gasteiger partial charge in [-0.1, -0.05) is 13.8 Å². The fourth-order valence-corrected chi connectivity index (χ4v) is 1.25. The first-order valence-corrected chi connectivity index (χ1v) is 5.42. The molecule has 14 heavy (non-hydrogen) atoms. The summed E-state index contributed by atoms with van der Waals surface area (Å²) in [5.74, 6) is 0.212. The van der Waals surface area contributed by atoms with Crippen molar-refractivity contribution >= 4 is 5.91 Å². The maximum absolute atomic E-state index is 11.9. The minimum absolute atomic E-state index is 0.0148. The van der Waals surface area contributed by atoms with E-state index in [1.807, 2.05) is 25.9 Å². The molecule has 2 atom stereocenters. The SMILES string of the molecule is CCC(C)N(C)C(=O)C(C)N(C)CC. The highest BCUT2D eigenvalue weighted by atomic mass is 16.2. The van der Waals surface area contributed by atoms with Crippen molar-refractivity contribution in [2.24, 2.45) is 0 Å². The second-order valence-electron chi connectivity index (χ2n) is 3.96. The first-order chi connectivity index (χ1) is 6.45. The Labute approximate surface area is 88.1 Å². The Morgan fingerprint density at radius 2 is 1.71 bits per heavy atom. The third kappa shape index (κ3) is 3.29. The summed E-state index contributed by atoms with van der Waals surface area (Å²) in [6, 6.07) is 0.314. The molecule has 0 rings (SSSR count). The number of nitrogens with zero attached hydrogens (tertiary/aromatic N) is 2. The summed E-state index contributed by atoms with van der Waals surface area (Å²) < 4.78 is 0. The van der Waals surface area contributed by atoms with Crippen molar-refractivity contribution in [1.82, 2.24) is 9.80 Å². The van der Waals surface area contributed by atoms with Gasteiger partial charge in [-0.2, -0.15) is 0 Å². The Hall–Kier alpha value is -0.570. The molecule has 0 saturated carbocycles. The second-order valence-corrected chi connectivity index (χ2v) is 3.96. The summed E-state index contributed by atoms with van der Waals surface area (Å²) in [7, 11) is 3.86. The van der Waals surface area contributed by atoms with Crippen LogP contribution in [0.4, 0.5) is 0 Å². The van der Waals surface area contributed by atoms with Gasteiger partial charge in [-0.3, -0.25) is 9.69 Å². The Bertz CT molecular complexity index is 164. The molecule has 0 bridgehead atoms. The fraction of sp³-hybridized carbons (Fsp3) is 0.909. The molecule has 0 saturated heterocycles. The van der Waals surface area contributed by atoms with Crippen LogP contribution in [-0.4, -0.2) is 48.4 Å². The van der Waals surface area contributed by atoms with Crippen molar-refractivity contribution in [3.8, 4) is 0 Å². The monoisotopic (exact) mass is 200 g/mol. The average molecular weight is 200 g/mol. The van der Waals surface area contributed by atoms with Crippen molar-refractivity contribution in [1.29, 1.82) is 0 Å². The average Bonchev–Trinajstić information content (AvgIpc) is 2.23. The van der Waals surface area contributed by atoms with E-state index in [0.29, 0.717) is 6.04 Å². The number of rotatable bonds is 5. The van der Waals surface area contributed by atoms with E-state index in [1.54, 1.807) is 0 Å². The number of hydrogen-bond acceptors (Lipinski definition) is 2. The topological polar surface area (TPSA) is 23.6 Å². The molecular formula is C11H24N2O. The van der Waals surface area contributed by atoms with Gasteiger partial charge in [0.05, 0.1) is 6.04 Å². The van der Waals surface area contributed by atoms with Gasteiger partial charge in [-0.15, -0.1) is 0 Å². The third-order valence-electron chi connectivity index (χ3n) is 3.12. The highest BCUT2D eigenvalue weighted by Crippen LogP contribution is 2.06. The van der Waals surface area contributed by atoms with Gasteiger partial charge in [0.2, 0.25) is 5.91 Å². The van der Waals surface area contributed by atoms with Crippen LogP contribution in [0.15, 0.2) is 0 Å². The quantitative estimate of drug-likeness (QED) is 0.673. The molecule has 0 aromatic carbocycles. The lowest BCUT2D eigenvalue weighted by Crippen LogP contribution is -2.46. The Balaban J connectivity index is 4.31. The summed E-state index contributed by atoms with van der Waals surface area (Å²) in [6.07, 6.45) is 1.00. The number of amides is 1. The van der Waals surface area contributed by atoms with Gasteiger partial charge in [0, 0.05) is 13.1 Å². The van der Waals surface area contributed by atoms with E-state index in [-0.39, 0.29) is 11.9 Å².